The van der Waals surface area contributed by atoms with Crippen molar-refractivity contribution in [3.63, 3.8) is 0 Å². The number of halogens is 1. The van der Waals surface area contributed by atoms with Gasteiger partial charge in [-0.3, -0.25) is 0 Å². The van der Waals surface area contributed by atoms with Crippen molar-refractivity contribution in [1.82, 2.24) is 0 Å². The van der Waals surface area contributed by atoms with Crippen LogP contribution in [0.1, 0.15) is 5.56 Å². The molecule has 2 nitrogen and oxygen atoms in total. The maximum atomic E-state index is 5.95. The number of rotatable bonds is 2. The van der Waals surface area contributed by atoms with E-state index in [1.807, 2.05) is 6.07 Å². The largest absolute Gasteiger partial charge is 0.456 e. The summed E-state index contributed by atoms with van der Waals surface area (Å²) < 4.78 is 7.17. The Bertz CT molecular complexity index is 774. The lowest BCUT2D eigenvalue weighted by atomic mass is 10.1. The van der Waals surface area contributed by atoms with Crippen molar-refractivity contribution in [3.05, 3.63) is 51.6 Å². The lowest BCUT2D eigenvalue weighted by Gasteiger charge is -2.14. The normalized spacial score (nSPS) is 11.0. The fourth-order valence-corrected chi connectivity index (χ4v) is 3.33. The highest BCUT2D eigenvalue weighted by Gasteiger charge is 2.09. The number of hydrogen-bond donors (Lipinski definition) is 0. The molecule has 0 atom stereocenters. The van der Waals surface area contributed by atoms with E-state index in [0.29, 0.717) is 0 Å². The van der Waals surface area contributed by atoms with Crippen LogP contribution in [-0.2, 0) is 0 Å². The molecule has 2 aromatic carbocycles. The number of anilines is 1. The summed E-state index contributed by atoms with van der Waals surface area (Å²) >= 11 is 2.37. The molecule has 0 aliphatic rings. The molecule has 3 heteroatoms. The van der Waals surface area contributed by atoms with Gasteiger partial charge in [-0.05, 0) is 65.9 Å². The first-order chi connectivity index (χ1) is 9.54. The van der Waals surface area contributed by atoms with E-state index in [0.717, 1.165) is 22.3 Å². The summed E-state index contributed by atoms with van der Waals surface area (Å²) in [5.41, 5.74) is 4.54. The topological polar surface area (TPSA) is 16.4 Å². The van der Waals surface area contributed by atoms with Gasteiger partial charge in [-0.25, -0.2) is 0 Å². The SMILES string of the molecule is Cc1ccc2oc(-c3ccc(N(C)C)c(I)c3)cc2c1. The van der Waals surface area contributed by atoms with E-state index in [9.17, 15) is 0 Å². The Morgan fingerprint density at radius 1 is 1.00 bits per heavy atom. The lowest BCUT2D eigenvalue weighted by Crippen LogP contribution is -2.09. The van der Waals surface area contributed by atoms with Gasteiger partial charge in [-0.1, -0.05) is 11.6 Å². The molecule has 0 bridgehead atoms. The zero-order chi connectivity index (χ0) is 14.3. The molecule has 3 aromatic rings. The molecule has 0 amide bonds. The molecule has 0 aliphatic heterocycles. The first kappa shape index (κ1) is 13.5. The summed E-state index contributed by atoms with van der Waals surface area (Å²) in [7, 11) is 4.11. The van der Waals surface area contributed by atoms with E-state index < -0.39 is 0 Å². The summed E-state index contributed by atoms with van der Waals surface area (Å²) in [5, 5.41) is 1.16. The molecule has 1 heterocycles. The van der Waals surface area contributed by atoms with E-state index >= 15 is 0 Å². The molecule has 3 rings (SSSR count). The van der Waals surface area contributed by atoms with Crippen molar-refractivity contribution in [2.24, 2.45) is 0 Å². The Morgan fingerprint density at radius 3 is 2.50 bits per heavy atom. The average molecular weight is 377 g/mol. The second-order valence-electron chi connectivity index (χ2n) is 5.21. The number of aryl methyl sites for hydroxylation is 1. The standard InChI is InChI=1S/C17H16INO/c1-11-4-7-16-13(8-11)10-17(20-16)12-5-6-15(19(2)3)14(18)9-12/h4-10H,1-3H3. The van der Waals surface area contributed by atoms with E-state index in [4.69, 9.17) is 4.42 Å². The molecule has 20 heavy (non-hydrogen) atoms. The van der Waals surface area contributed by atoms with Gasteiger partial charge in [0.25, 0.3) is 0 Å². The first-order valence-corrected chi connectivity index (χ1v) is 7.60. The maximum Gasteiger partial charge on any atom is 0.135 e. The van der Waals surface area contributed by atoms with Crippen LogP contribution in [-0.4, -0.2) is 14.1 Å². The molecule has 0 radical (unpaired) electrons. The van der Waals surface area contributed by atoms with E-state index in [-0.39, 0.29) is 0 Å². The molecule has 0 unspecified atom stereocenters. The number of furan rings is 1. The second-order valence-corrected chi connectivity index (χ2v) is 6.37. The van der Waals surface area contributed by atoms with Crippen molar-refractivity contribution >= 4 is 39.2 Å². The third-order valence-corrected chi connectivity index (χ3v) is 4.25. The zero-order valence-electron chi connectivity index (χ0n) is 11.8. The van der Waals surface area contributed by atoms with Crippen molar-refractivity contribution in [2.75, 3.05) is 19.0 Å². The summed E-state index contributed by atoms with van der Waals surface area (Å²) in [6.07, 6.45) is 0. The van der Waals surface area contributed by atoms with Crippen LogP contribution in [0.2, 0.25) is 0 Å². The molecular formula is C17H16INO. The van der Waals surface area contributed by atoms with E-state index in [1.54, 1.807) is 0 Å². The number of benzene rings is 2. The molecule has 102 valence electrons. The number of hydrogen-bond acceptors (Lipinski definition) is 2. The summed E-state index contributed by atoms with van der Waals surface area (Å²) in [5.74, 6) is 0.925. The Balaban J connectivity index is 2.08. The number of fused-ring (bicyclic) bond motifs is 1. The third kappa shape index (κ3) is 2.42. The first-order valence-electron chi connectivity index (χ1n) is 6.52. The predicted octanol–water partition coefficient (Wildman–Crippen LogP) is 5.08. The Hall–Kier alpha value is -1.49. The molecule has 0 N–H and O–H groups in total. The smallest absolute Gasteiger partial charge is 0.135 e. The Labute approximate surface area is 132 Å². The molecule has 0 aliphatic carbocycles. The van der Waals surface area contributed by atoms with E-state index in [2.05, 4.69) is 84.9 Å². The minimum Gasteiger partial charge on any atom is -0.456 e. The fourth-order valence-electron chi connectivity index (χ4n) is 2.33. The minimum absolute atomic E-state index is 0.925. The van der Waals surface area contributed by atoms with Gasteiger partial charge in [0.15, 0.2) is 0 Å². The summed E-state index contributed by atoms with van der Waals surface area (Å²) in [6, 6.07) is 14.8. The summed E-state index contributed by atoms with van der Waals surface area (Å²) in [4.78, 5) is 2.12. The molecule has 0 fully saturated rings. The van der Waals surface area contributed by atoms with Gasteiger partial charge in [-0.2, -0.15) is 0 Å². The molecular weight excluding hydrogens is 361 g/mol. The predicted molar refractivity (Wildman–Crippen MR) is 93.4 cm³/mol. The van der Waals surface area contributed by atoms with Gasteiger partial charge in [0.2, 0.25) is 0 Å². The average Bonchev–Trinajstić information content (AvgIpc) is 2.81. The molecule has 0 saturated heterocycles. The Morgan fingerprint density at radius 2 is 1.80 bits per heavy atom. The van der Waals surface area contributed by atoms with Crippen molar-refractivity contribution in [1.29, 1.82) is 0 Å². The van der Waals surface area contributed by atoms with Crippen molar-refractivity contribution < 1.29 is 4.42 Å². The van der Waals surface area contributed by atoms with Gasteiger partial charge < -0.3 is 9.32 Å². The van der Waals surface area contributed by atoms with Gasteiger partial charge >= 0.3 is 0 Å². The highest BCUT2D eigenvalue weighted by atomic mass is 127. The monoisotopic (exact) mass is 377 g/mol. The highest BCUT2D eigenvalue weighted by molar-refractivity contribution is 14.1. The van der Waals surface area contributed by atoms with Crippen LogP contribution in [0.5, 0.6) is 0 Å². The molecule has 1 aromatic heterocycles. The zero-order valence-corrected chi connectivity index (χ0v) is 13.9. The van der Waals surface area contributed by atoms with Crippen molar-refractivity contribution in [3.8, 4) is 11.3 Å². The van der Waals surface area contributed by atoms with Crippen molar-refractivity contribution in [2.45, 2.75) is 6.92 Å². The van der Waals surface area contributed by atoms with Crippen LogP contribution >= 0.6 is 22.6 Å². The second kappa shape index (κ2) is 5.13. The maximum absolute atomic E-state index is 5.95. The Kier molecular flexibility index (Phi) is 3.46. The van der Waals surface area contributed by atoms with Crippen LogP contribution in [0.15, 0.2) is 46.9 Å². The van der Waals surface area contributed by atoms with Gasteiger partial charge in [-0.15, -0.1) is 0 Å². The quantitative estimate of drug-likeness (QED) is 0.580. The molecule has 0 spiro atoms. The highest BCUT2D eigenvalue weighted by Crippen LogP contribution is 2.31. The van der Waals surface area contributed by atoms with Gasteiger partial charge in [0.05, 0.1) is 0 Å². The molecule has 0 saturated carbocycles. The lowest BCUT2D eigenvalue weighted by molar-refractivity contribution is 0.631. The van der Waals surface area contributed by atoms with Crippen LogP contribution in [0.4, 0.5) is 5.69 Å². The van der Waals surface area contributed by atoms with Crippen LogP contribution < -0.4 is 4.90 Å². The fraction of sp³-hybridized carbons (Fsp3) is 0.176. The van der Waals surface area contributed by atoms with Crippen LogP contribution in [0, 0.1) is 10.5 Å². The van der Waals surface area contributed by atoms with Crippen LogP contribution in [0.25, 0.3) is 22.3 Å². The van der Waals surface area contributed by atoms with Gasteiger partial charge in [0.1, 0.15) is 11.3 Å². The third-order valence-electron chi connectivity index (χ3n) is 3.39. The van der Waals surface area contributed by atoms with Gasteiger partial charge in [0, 0.05) is 34.3 Å². The summed E-state index contributed by atoms with van der Waals surface area (Å²) in [6.45, 7) is 2.10. The minimum atomic E-state index is 0.925. The van der Waals surface area contributed by atoms with Crippen LogP contribution in [0.3, 0.4) is 0 Å². The van der Waals surface area contributed by atoms with E-state index in [1.165, 1.54) is 14.8 Å². The number of nitrogens with zero attached hydrogens (tertiary/aromatic N) is 1.